The monoisotopic (exact) mass is 396 g/mol. The molecule has 0 radical (unpaired) electrons. The highest BCUT2D eigenvalue weighted by atomic mass is 32.2. The van der Waals surface area contributed by atoms with Crippen molar-refractivity contribution in [3.8, 4) is 0 Å². The Bertz CT molecular complexity index is 1010. The van der Waals surface area contributed by atoms with Crippen LogP contribution in [0.15, 0.2) is 35.2 Å². The fraction of sp³-hybridized carbons (Fsp3) is 0.312. The predicted molar refractivity (Wildman–Crippen MR) is 95.0 cm³/mol. The molecule has 1 aliphatic heterocycles. The zero-order valence-corrected chi connectivity index (χ0v) is 15.6. The molecule has 0 saturated heterocycles. The number of para-hydroxylation sites is 1. The highest BCUT2D eigenvalue weighted by Crippen LogP contribution is 2.41. The van der Waals surface area contributed by atoms with E-state index < -0.39 is 32.0 Å². The predicted octanol–water partition coefficient (Wildman–Crippen LogP) is 2.84. The molecule has 2 heterocycles. The van der Waals surface area contributed by atoms with Crippen LogP contribution in [0.5, 0.6) is 0 Å². The molecule has 0 atom stereocenters. The molecule has 138 valence electrons. The molecular weight excluding hydrogens is 380 g/mol. The van der Waals surface area contributed by atoms with E-state index >= 15 is 0 Å². The molecule has 10 heteroatoms. The molecule has 2 aromatic rings. The average Bonchev–Trinajstić information content (AvgIpc) is 3.00. The summed E-state index contributed by atoms with van der Waals surface area (Å²) in [6.07, 6.45) is 0. The Morgan fingerprint density at radius 2 is 2.00 bits per heavy atom. The molecule has 0 saturated carbocycles. The van der Waals surface area contributed by atoms with Gasteiger partial charge in [0.1, 0.15) is 4.88 Å². The maximum Gasteiger partial charge on any atom is 0.345 e. The van der Waals surface area contributed by atoms with Crippen molar-refractivity contribution in [1.29, 1.82) is 0 Å². The summed E-state index contributed by atoms with van der Waals surface area (Å²) >= 11 is 1.14. The van der Waals surface area contributed by atoms with Gasteiger partial charge in [-0.05, 0) is 17.7 Å². The van der Waals surface area contributed by atoms with Crippen molar-refractivity contribution in [3.05, 3.63) is 55.8 Å². The summed E-state index contributed by atoms with van der Waals surface area (Å²) in [5.41, 5.74) is -0.471. The van der Waals surface area contributed by atoms with Crippen LogP contribution < -0.4 is 0 Å². The van der Waals surface area contributed by atoms with E-state index in [1.165, 1.54) is 28.6 Å². The van der Waals surface area contributed by atoms with Crippen molar-refractivity contribution >= 4 is 33.0 Å². The van der Waals surface area contributed by atoms with Crippen LogP contribution in [-0.4, -0.2) is 35.3 Å². The molecule has 1 aromatic carbocycles. The van der Waals surface area contributed by atoms with Crippen molar-refractivity contribution in [2.24, 2.45) is 0 Å². The molecule has 0 bridgehead atoms. The van der Waals surface area contributed by atoms with E-state index in [2.05, 4.69) is 0 Å². The van der Waals surface area contributed by atoms with E-state index in [1.54, 1.807) is 0 Å². The highest BCUT2D eigenvalue weighted by molar-refractivity contribution is 7.89. The molecule has 8 nitrogen and oxygen atoms in total. The number of carboxylic acids is 1. The molecule has 26 heavy (non-hydrogen) atoms. The Morgan fingerprint density at radius 3 is 2.62 bits per heavy atom. The van der Waals surface area contributed by atoms with Gasteiger partial charge >= 0.3 is 5.97 Å². The largest absolute Gasteiger partial charge is 0.477 e. The van der Waals surface area contributed by atoms with Crippen molar-refractivity contribution in [3.63, 3.8) is 0 Å². The maximum absolute atomic E-state index is 13.1. The van der Waals surface area contributed by atoms with Gasteiger partial charge in [0.05, 0.1) is 4.92 Å². The number of nitrogens with zero attached hydrogens (tertiary/aromatic N) is 2. The molecule has 0 unspecified atom stereocenters. The van der Waals surface area contributed by atoms with Crippen molar-refractivity contribution < 1.29 is 23.2 Å². The number of fused-ring (bicyclic) bond motifs is 1. The lowest BCUT2D eigenvalue weighted by Gasteiger charge is -2.37. The summed E-state index contributed by atoms with van der Waals surface area (Å²) in [5, 5.41) is 20.4. The molecule has 1 N–H and O–H groups in total. The zero-order valence-electron chi connectivity index (χ0n) is 14.0. The summed E-state index contributed by atoms with van der Waals surface area (Å²) in [5.74, 6) is -1.06. The third-order valence-electron chi connectivity index (χ3n) is 4.23. The Labute approximate surface area is 153 Å². The van der Waals surface area contributed by atoms with Gasteiger partial charge in [-0.2, -0.15) is 4.31 Å². The number of aromatic carboxylic acids is 1. The molecule has 1 aliphatic rings. The van der Waals surface area contributed by atoms with Crippen LogP contribution >= 0.6 is 11.3 Å². The van der Waals surface area contributed by atoms with Crippen LogP contribution in [-0.2, 0) is 22.0 Å². The molecule has 0 aliphatic carbocycles. The molecule has 3 rings (SSSR count). The number of rotatable bonds is 4. The summed E-state index contributed by atoms with van der Waals surface area (Å²) < 4.78 is 27.3. The summed E-state index contributed by atoms with van der Waals surface area (Å²) in [7, 11) is -4.11. The third kappa shape index (κ3) is 3.00. The van der Waals surface area contributed by atoms with E-state index in [4.69, 9.17) is 0 Å². The summed E-state index contributed by atoms with van der Waals surface area (Å²) in [6.45, 7) is 3.75. The Morgan fingerprint density at radius 1 is 1.35 bits per heavy atom. The first kappa shape index (κ1) is 18.5. The number of carboxylic acid groups (broad SMARTS) is 1. The van der Waals surface area contributed by atoms with Crippen LogP contribution in [0.3, 0.4) is 0 Å². The number of carbonyl (C=O) groups is 1. The quantitative estimate of drug-likeness (QED) is 0.627. The van der Waals surface area contributed by atoms with Gasteiger partial charge in [-0.15, -0.1) is 11.3 Å². The fourth-order valence-corrected chi connectivity index (χ4v) is 5.96. The summed E-state index contributed by atoms with van der Waals surface area (Å²) in [6, 6.07) is 6.69. The number of benzene rings is 1. The van der Waals surface area contributed by atoms with Gasteiger partial charge in [0, 0.05) is 29.4 Å². The number of hydrogen-bond acceptors (Lipinski definition) is 6. The number of sulfonamides is 1. The fourth-order valence-electron chi connectivity index (χ4n) is 3.12. The molecule has 0 spiro atoms. The van der Waals surface area contributed by atoms with Crippen molar-refractivity contribution in [2.45, 2.75) is 30.7 Å². The maximum atomic E-state index is 13.1. The molecule has 0 amide bonds. The standard InChI is InChI=1S/C16H16N2O6S2/c1-16(2)9-17(8-10-7-12(15(19)20)25-14(10)16)26(23,24)13-6-4-3-5-11(13)18(21)22/h3-7H,8-9H2,1-2H3,(H,19,20). The van der Waals surface area contributed by atoms with Crippen LogP contribution in [0.1, 0.15) is 34.0 Å². The second-order valence-electron chi connectivity index (χ2n) is 6.65. The van der Waals surface area contributed by atoms with E-state index in [9.17, 15) is 28.4 Å². The second kappa shape index (κ2) is 6.15. The van der Waals surface area contributed by atoms with Crippen LogP contribution in [0.4, 0.5) is 5.69 Å². The van der Waals surface area contributed by atoms with Crippen molar-refractivity contribution in [2.75, 3.05) is 6.54 Å². The van der Waals surface area contributed by atoms with Crippen LogP contribution in [0.25, 0.3) is 0 Å². The van der Waals surface area contributed by atoms with E-state index in [0.29, 0.717) is 5.56 Å². The minimum absolute atomic E-state index is 0.0169. The Kier molecular flexibility index (Phi) is 4.37. The van der Waals surface area contributed by atoms with E-state index in [-0.39, 0.29) is 22.9 Å². The minimum Gasteiger partial charge on any atom is -0.477 e. The lowest BCUT2D eigenvalue weighted by Crippen LogP contribution is -2.44. The van der Waals surface area contributed by atoms with Crippen LogP contribution in [0.2, 0.25) is 0 Å². The van der Waals surface area contributed by atoms with Crippen LogP contribution in [0, 0.1) is 10.1 Å². The van der Waals surface area contributed by atoms with Gasteiger partial charge in [0.2, 0.25) is 10.0 Å². The SMILES string of the molecule is CC1(C)CN(S(=O)(=O)c2ccccc2[N+](=O)[O-])Cc2cc(C(=O)O)sc21. The minimum atomic E-state index is -4.11. The Hall–Kier alpha value is -2.30. The van der Waals surface area contributed by atoms with Gasteiger partial charge in [0.25, 0.3) is 5.69 Å². The zero-order chi connectivity index (χ0) is 19.3. The lowest BCUT2D eigenvalue weighted by atomic mass is 9.86. The van der Waals surface area contributed by atoms with Gasteiger partial charge < -0.3 is 5.11 Å². The number of hydrogen-bond donors (Lipinski definition) is 1. The average molecular weight is 396 g/mol. The van der Waals surface area contributed by atoms with E-state index in [0.717, 1.165) is 22.3 Å². The topological polar surface area (TPSA) is 118 Å². The smallest absolute Gasteiger partial charge is 0.345 e. The van der Waals surface area contributed by atoms with Gasteiger partial charge in [-0.1, -0.05) is 26.0 Å². The number of thiophene rings is 1. The molecule has 0 fully saturated rings. The van der Waals surface area contributed by atoms with Gasteiger partial charge in [-0.25, -0.2) is 13.2 Å². The first-order valence-electron chi connectivity index (χ1n) is 7.64. The molecular formula is C16H16N2O6S2. The van der Waals surface area contributed by atoms with Gasteiger partial charge in [0.15, 0.2) is 4.90 Å². The normalized spacial score (nSPS) is 16.8. The Balaban J connectivity index is 2.08. The first-order valence-corrected chi connectivity index (χ1v) is 9.90. The summed E-state index contributed by atoms with van der Waals surface area (Å²) in [4.78, 5) is 22.4. The number of nitro groups is 1. The van der Waals surface area contributed by atoms with Crippen molar-refractivity contribution in [1.82, 2.24) is 4.31 Å². The number of nitro benzene ring substituents is 1. The second-order valence-corrected chi connectivity index (χ2v) is 9.61. The first-order chi connectivity index (χ1) is 12.0. The lowest BCUT2D eigenvalue weighted by molar-refractivity contribution is -0.387. The molecule has 1 aromatic heterocycles. The van der Waals surface area contributed by atoms with Gasteiger partial charge in [-0.3, -0.25) is 10.1 Å². The highest BCUT2D eigenvalue weighted by Gasteiger charge is 2.41. The van der Waals surface area contributed by atoms with E-state index in [1.807, 2.05) is 13.8 Å². The third-order valence-corrected chi connectivity index (χ3v) is 7.60.